The van der Waals surface area contributed by atoms with E-state index in [1.165, 1.54) is 64.2 Å². The average molecular weight is 282 g/mol. The van der Waals surface area contributed by atoms with Gasteiger partial charge in [0, 0.05) is 6.61 Å². The minimum absolute atomic E-state index is 0.100. The zero-order valence-corrected chi connectivity index (χ0v) is 13.5. The van der Waals surface area contributed by atoms with Crippen LogP contribution >= 0.6 is 0 Å². The van der Waals surface area contributed by atoms with E-state index in [9.17, 15) is 5.11 Å². The summed E-state index contributed by atoms with van der Waals surface area (Å²) in [5.74, 6) is 1.98. The Bertz CT molecular complexity index is 252. The maximum Gasteiger partial charge on any atom is 0.0864 e. The van der Waals surface area contributed by atoms with Crippen molar-refractivity contribution in [1.29, 1.82) is 0 Å². The number of aliphatic hydroxyl groups is 1. The van der Waals surface area contributed by atoms with Crippen molar-refractivity contribution in [3.8, 4) is 0 Å². The number of rotatable bonds is 6. The van der Waals surface area contributed by atoms with Crippen LogP contribution in [-0.2, 0) is 4.74 Å². The first-order valence-corrected chi connectivity index (χ1v) is 9.05. The maximum absolute atomic E-state index is 10.9. The van der Waals surface area contributed by atoms with E-state index >= 15 is 0 Å². The summed E-state index contributed by atoms with van der Waals surface area (Å²) in [6.45, 7) is 5.10. The highest BCUT2D eigenvalue weighted by molar-refractivity contribution is 4.86. The Kier molecular flexibility index (Phi) is 6.83. The predicted molar refractivity (Wildman–Crippen MR) is 83.7 cm³/mol. The van der Waals surface area contributed by atoms with Gasteiger partial charge in [0.05, 0.1) is 12.2 Å². The summed E-state index contributed by atoms with van der Waals surface area (Å²) in [6, 6.07) is 0. The van der Waals surface area contributed by atoms with Gasteiger partial charge in [-0.2, -0.15) is 0 Å². The number of hydrogen-bond donors (Lipinski definition) is 1. The Hall–Kier alpha value is -0.0800. The van der Waals surface area contributed by atoms with Crippen LogP contribution < -0.4 is 0 Å². The standard InChI is InChI=1S/C18H34O2/c1-3-14-10-12-15(13-11-14)17(19)18(20-4-2)16-8-6-5-7-9-16/h14-19H,3-13H2,1-2H3. The van der Waals surface area contributed by atoms with Crippen LogP contribution in [0.1, 0.15) is 78.1 Å². The van der Waals surface area contributed by atoms with Crippen molar-refractivity contribution in [3.63, 3.8) is 0 Å². The lowest BCUT2D eigenvalue weighted by Gasteiger charge is -2.39. The Labute approximate surface area is 125 Å². The molecule has 0 saturated heterocycles. The molecule has 0 bridgehead atoms. The van der Waals surface area contributed by atoms with Gasteiger partial charge in [0.2, 0.25) is 0 Å². The van der Waals surface area contributed by atoms with Crippen molar-refractivity contribution in [3.05, 3.63) is 0 Å². The fourth-order valence-electron chi connectivity index (χ4n) is 4.37. The van der Waals surface area contributed by atoms with Gasteiger partial charge in [-0.05, 0) is 50.4 Å². The molecule has 20 heavy (non-hydrogen) atoms. The lowest BCUT2D eigenvalue weighted by atomic mass is 9.74. The minimum Gasteiger partial charge on any atom is -0.390 e. The topological polar surface area (TPSA) is 29.5 Å². The zero-order valence-electron chi connectivity index (χ0n) is 13.5. The molecular formula is C18H34O2. The third-order valence-corrected chi connectivity index (χ3v) is 5.76. The van der Waals surface area contributed by atoms with Gasteiger partial charge in [-0.25, -0.2) is 0 Å². The quantitative estimate of drug-likeness (QED) is 0.774. The average Bonchev–Trinajstić information content (AvgIpc) is 2.53. The molecule has 0 aromatic carbocycles. The summed E-state index contributed by atoms with van der Waals surface area (Å²) in [4.78, 5) is 0. The van der Waals surface area contributed by atoms with Crippen LogP contribution in [0.25, 0.3) is 0 Å². The molecule has 2 aliphatic carbocycles. The molecule has 0 amide bonds. The van der Waals surface area contributed by atoms with Crippen molar-refractivity contribution in [2.75, 3.05) is 6.61 Å². The van der Waals surface area contributed by atoms with Gasteiger partial charge < -0.3 is 9.84 Å². The SMILES string of the molecule is CCOC(C1CCCCC1)C(O)C1CCC(CC)CC1. The molecule has 0 aliphatic heterocycles. The molecule has 0 radical (unpaired) electrons. The van der Waals surface area contributed by atoms with Crippen LogP contribution in [0, 0.1) is 17.8 Å². The number of ether oxygens (including phenoxy) is 1. The molecule has 0 aromatic heterocycles. The summed E-state index contributed by atoms with van der Waals surface area (Å²) < 4.78 is 6.00. The first-order valence-electron chi connectivity index (χ1n) is 9.05. The van der Waals surface area contributed by atoms with E-state index in [1.54, 1.807) is 0 Å². The molecule has 2 atom stereocenters. The summed E-state index contributed by atoms with van der Waals surface area (Å²) in [7, 11) is 0. The predicted octanol–water partition coefficient (Wildman–Crippen LogP) is 4.55. The molecule has 2 fully saturated rings. The van der Waals surface area contributed by atoms with E-state index in [1.807, 2.05) is 0 Å². The van der Waals surface area contributed by atoms with E-state index in [2.05, 4.69) is 13.8 Å². The highest BCUT2D eigenvalue weighted by Gasteiger charge is 2.36. The van der Waals surface area contributed by atoms with Crippen LogP contribution in [0.15, 0.2) is 0 Å². The third-order valence-electron chi connectivity index (χ3n) is 5.76. The molecule has 2 rings (SSSR count). The first kappa shape index (κ1) is 16.3. The fourth-order valence-corrected chi connectivity index (χ4v) is 4.37. The molecule has 118 valence electrons. The fraction of sp³-hybridized carbons (Fsp3) is 1.00. The monoisotopic (exact) mass is 282 g/mol. The van der Waals surface area contributed by atoms with Crippen molar-refractivity contribution >= 4 is 0 Å². The van der Waals surface area contributed by atoms with Gasteiger partial charge in [-0.3, -0.25) is 0 Å². The van der Waals surface area contributed by atoms with Crippen molar-refractivity contribution in [2.24, 2.45) is 17.8 Å². The lowest BCUT2D eigenvalue weighted by molar-refractivity contribution is -0.0998. The van der Waals surface area contributed by atoms with E-state index < -0.39 is 0 Å². The molecule has 0 heterocycles. The van der Waals surface area contributed by atoms with E-state index in [0.29, 0.717) is 11.8 Å². The van der Waals surface area contributed by atoms with Gasteiger partial charge in [-0.15, -0.1) is 0 Å². The molecule has 2 unspecified atom stereocenters. The molecule has 1 N–H and O–H groups in total. The minimum atomic E-state index is -0.226. The van der Waals surface area contributed by atoms with Crippen LogP contribution in [0.2, 0.25) is 0 Å². The summed E-state index contributed by atoms with van der Waals surface area (Å²) in [5.41, 5.74) is 0. The van der Waals surface area contributed by atoms with Crippen LogP contribution in [0.3, 0.4) is 0 Å². The van der Waals surface area contributed by atoms with Crippen molar-refractivity contribution in [1.82, 2.24) is 0 Å². The molecule has 2 heteroatoms. The first-order chi connectivity index (χ1) is 9.76. The normalized spacial score (nSPS) is 31.9. The van der Waals surface area contributed by atoms with Gasteiger partial charge in [-0.1, -0.05) is 45.4 Å². The van der Waals surface area contributed by atoms with E-state index in [-0.39, 0.29) is 12.2 Å². The van der Waals surface area contributed by atoms with Gasteiger partial charge >= 0.3 is 0 Å². The highest BCUT2D eigenvalue weighted by Crippen LogP contribution is 2.37. The largest absolute Gasteiger partial charge is 0.390 e. The summed E-state index contributed by atoms with van der Waals surface area (Å²) in [5, 5.41) is 10.9. The molecule has 0 spiro atoms. The molecule has 2 nitrogen and oxygen atoms in total. The second-order valence-corrected chi connectivity index (χ2v) is 7.00. The summed E-state index contributed by atoms with van der Waals surface area (Å²) in [6.07, 6.45) is 12.7. The van der Waals surface area contributed by atoms with Gasteiger partial charge in [0.15, 0.2) is 0 Å². The Morgan fingerprint density at radius 1 is 0.900 bits per heavy atom. The maximum atomic E-state index is 10.9. The second kappa shape index (κ2) is 8.38. The number of aliphatic hydroxyl groups excluding tert-OH is 1. The molecule has 2 saturated carbocycles. The van der Waals surface area contributed by atoms with Crippen LogP contribution in [0.5, 0.6) is 0 Å². The van der Waals surface area contributed by atoms with Crippen molar-refractivity contribution < 1.29 is 9.84 Å². The molecule has 2 aliphatic rings. The van der Waals surface area contributed by atoms with Crippen LogP contribution in [0.4, 0.5) is 0 Å². The number of hydrogen-bond acceptors (Lipinski definition) is 2. The van der Waals surface area contributed by atoms with E-state index in [0.717, 1.165) is 12.5 Å². The Morgan fingerprint density at radius 3 is 2.10 bits per heavy atom. The van der Waals surface area contributed by atoms with Crippen LogP contribution in [-0.4, -0.2) is 23.9 Å². The highest BCUT2D eigenvalue weighted by atomic mass is 16.5. The third kappa shape index (κ3) is 4.21. The Morgan fingerprint density at radius 2 is 1.55 bits per heavy atom. The molecule has 0 aromatic rings. The van der Waals surface area contributed by atoms with Gasteiger partial charge in [0.1, 0.15) is 0 Å². The smallest absolute Gasteiger partial charge is 0.0864 e. The lowest BCUT2D eigenvalue weighted by Crippen LogP contribution is -2.42. The summed E-state index contributed by atoms with van der Waals surface area (Å²) >= 11 is 0. The Balaban J connectivity index is 1.90. The second-order valence-electron chi connectivity index (χ2n) is 7.00. The molecular weight excluding hydrogens is 248 g/mol. The van der Waals surface area contributed by atoms with E-state index in [4.69, 9.17) is 4.74 Å². The van der Waals surface area contributed by atoms with Gasteiger partial charge in [0.25, 0.3) is 0 Å². The zero-order chi connectivity index (χ0) is 14.4. The van der Waals surface area contributed by atoms with Crippen molar-refractivity contribution in [2.45, 2.75) is 90.3 Å².